The Hall–Kier alpha value is -2.66. The summed E-state index contributed by atoms with van der Waals surface area (Å²) in [6.45, 7) is 2.65. The van der Waals surface area contributed by atoms with Crippen LogP contribution in [-0.4, -0.2) is 18.9 Å². The smallest absolute Gasteiger partial charge is 0.306 e. The Bertz CT molecular complexity index is 899. The molecular formula is C21H20O4S. The van der Waals surface area contributed by atoms with E-state index in [0.29, 0.717) is 31.6 Å². The summed E-state index contributed by atoms with van der Waals surface area (Å²) in [5.41, 5.74) is 1.72. The summed E-state index contributed by atoms with van der Waals surface area (Å²) in [5.74, 6) is 0.536. The largest absolute Gasteiger partial charge is 0.488 e. The fourth-order valence-electron chi connectivity index (χ4n) is 2.71. The molecule has 0 fully saturated rings. The summed E-state index contributed by atoms with van der Waals surface area (Å²) >= 11 is 1.53. The van der Waals surface area contributed by atoms with Gasteiger partial charge in [0.1, 0.15) is 12.4 Å². The summed E-state index contributed by atoms with van der Waals surface area (Å²) in [7, 11) is 0. The predicted molar refractivity (Wildman–Crippen MR) is 103 cm³/mol. The minimum Gasteiger partial charge on any atom is -0.488 e. The second-order valence-corrected chi connectivity index (χ2v) is 6.94. The Kier molecular flexibility index (Phi) is 6.02. The third-order valence-electron chi connectivity index (χ3n) is 3.97. The lowest BCUT2D eigenvalue weighted by molar-refractivity contribution is -0.143. The molecule has 1 heterocycles. The monoisotopic (exact) mass is 368 g/mol. The average molecular weight is 368 g/mol. The van der Waals surface area contributed by atoms with Crippen LogP contribution < -0.4 is 4.74 Å². The fraction of sp³-hybridized carbons (Fsp3) is 0.238. The average Bonchev–Trinajstić information content (AvgIpc) is 3.10. The summed E-state index contributed by atoms with van der Waals surface area (Å²) in [5, 5.41) is 0.911. The van der Waals surface area contributed by atoms with E-state index in [-0.39, 0.29) is 5.97 Å². The van der Waals surface area contributed by atoms with Crippen molar-refractivity contribution in [1.82, 2.24) is 0 Å². The third kappa shape index (κ3) is 4.29. The number of fused-ring (bicyclic) bond motifs is 1. The molecule has 0 amide bonds. The standard InChI is InChI=1S/C21H20O4S/c1-2-24-20(23)11-9-17-12-18-19(10-8-16(13-22)21(18)26-17)25-14-15-6-4-3-5-7-15/h3-8,10,12-13H,2,9,11,14H2,1H3. The van der Waals surface area contributed by atoms with Crippen molar-refractivity contribution < 1.29 is 19.1 Å². The van der Waals surface area contributed by atoms with Gasteiger partial charge in [-0.15, -0.1) is 11.3 Å². The van der Waals surface area contributed by atoms with Crippen LogP contribution in [0.5, 0.6) is 5.75 Å². The summed E-state index contributed by atoms with van der Waals surface area (Å²) in [6, 6.07) is 15.6. The van der Waals surface area contributed by atoms with E-state index in [4.69, 9.17) is 9.47 Å². The van der Waals surface area contributed by atoms with E-state index in [9.17, 15) is 9.59 Å². The van der Waals surface area contributed by atoms with Crippen LogP contribution in [0, 0.1) is 0 Å². The molecule has 0 atom stereocenters. The van der Waals surface area contributed by atoms with Crippen molar-refractivity contribution in [3.8, 4) is 5.75 Å². The minimum atomic E-state index is -0.207. The molecule has 0 unspecified atom stereocenters. The highest BCUT2D eigenvalue weighted by Crippen LogP contribution is 2.36. The van der Waals surface area contributed by atoms with E-state index in [1.54, 1.807) is 13.0 Å². The van der Waals surface area contributed by atoms with Crippen LogP contribution >= 0.6 is 11.3 Å². The van der Waals surface area contributed by atoms with Crippen LogP contribution in [-0.2, 0) is 22.6 Å². The first-order valence-electron chi connectivity index (χ1n) is 8.54. The van der Waals surface area contributed by atoms with Gasteiger partial charge in [-0.3, -0.25) is 9.59 Å². The van der Waals surface area contributed by atoms with Gasteiger partial charge in [0.25, 0.3) is 0 Å². The van der Waals surface area contributed by atoms with Crippen LogP contribution in [0.4, 0.5) is 0 Å². The van der Waals surface area contributed by atoms with Crippen molar-refractivity contribution >= 4 is 33.7 Å². The molecule has 0 bridgehead atoms. The molecule has 0 saturated carbocycles. The van der Waals surface area contributed by atoms with E-state index in [2.05, 4.69) is 0 Å². The summed E-state index contributed by atoms with van der Waals surface area (Å²) < 4.78 is 11.9. The normalized spacial score (nSPS) is 10.7. The zero-order chi connectivity index (χ0) is 18.4. The number of esters is 1. The van der Waals surface area contributed by atoms with E-state index in [1.807, 2.05) is 42.5 Å². The summed E-state index contributed by atoms with van der Waals surface area (Å²) in [6.07, 6.45) is 1.78. The summed E-state index contributed by atoms with van der Waals surface area (Å²) in [4.78, 5) is 24.0. The van der Waals surface area contributed by atoms with Crippen LogP contribution in [0.2, 0.25) is 0 Å². The Morgan fingerprint density at radius 3 is 2.69 bits per heavy atom. The van der Waals surface area contributed by atoms with Crippen molar-refractivity contribution in [1.29, 1.82) is 0 Å². The number of ether oxygens (including phenoxy) is 2. The number of benzene rings is 2. The van der Waals surface area contributed by atoms with Gasteiger partial charge in [0.2, 0.25) is 0 Å². The van der Waals surface area contributed by atoms with Gasteiger partial charge in [0.05, 0.1) is 13.0 Å². The predicted octanol–water partition coefficient (Wildman–Crippen LogP) is 4.79. The van der Waals surface area contributed by atoms with Gasteiger partial charge in [0.15, 0.2) is 6.29 Å². The van der Waals surface area contributed by atoms with Crippen LogP contribution in [0.25, 0.3) is 10.1 Å². The maximum absolute atomic E-state index is 11.6. The Morgan fingerprint density at radius 1 is 1.15 bits per heavy atom. The molecule has 0 aliphatic carbocycles. The highest BCUT2D eigenvalue weighted by atomic mass is 32.1. The SMILES string of the molecule is CCOC(=O)CCc1cc2c(OCc3ccccc3)ccc(C=O)c2s1. The molecule has 0 aliphatic heterocycles. The number of carbonyl (C=O) groups excluding carboxylic acids is 2. The van der Waals surface area contributed by atoms with Crippen molar-refractivity contribution in [3.05, 3.63) is 64.5 Å². The van der Waals surface area contributed by atoms with Gasteiger partial charge in [-0.1, -0.05) is 30.3 Å². The van der Waals surface area contributed by atoms with Crippen molar-refractivity contribution in [3.63, 3.8) is 0 Å². The number of hydrogen-bond acceptors (Lipinski definition) is 5. The number of carbonyl (C=O) groups is 2. The second kappa shape index (κ2) is 8.63. The van der Waals surface area contributed by atoms with E-state index in [0.717, 1.165) is 32.6 Å². The van der Waals surface area contributed by atoms with Crippen molar-refractivity contribution in [2.75, 3.05) is 6.61 Å². The topological polar surface area (TPSA) is 52.6 Å². The molecule has 4 nitrogen and oxygen atoms in total. The van der Waals surface area contributed by atoms with Gasteiger partial charge in [-0.2, -0.15) is 0 Å². The Balaban J connectivity index is 1.82. The lowest BCUT2D eigenvalue weighted by Gasteiger charge is -2.08. The first kappa shape index (κ1) is 18.1. The third-order valence-corrected chi connectivity index (χ3v) is 5.21. The first-order valence-corrected chi connectivity index (χ1v) is 9.36. The molecule has 0 saturated heterocycles. The first-order chi connectivity index (χ1) is 12.7. The number of aryl methyl sites for hydroxylation is 1. The second-order valence-electron chi connectivity index (χ2n) is 5.81. The van der Waals surface area contributed by atoms with E-state index < -0.39 is 0 Å². The van der Waals surface area contributed by atoms with Gasteiger partial charge < -0.3 is 9.47 Å². The molecular weight excluding hydrogens is 348 g/mol. The Labute approximate surface area is 156 Å². The molecule has 5 heteroatoms. The molecule has 26 heavy (non-hydrogen) atoms. The molecule has 134 valence electrons. The van der Waals surface area contributed by atoms with E-state index >= 15 is 0 Å². The number of hydrogen-bond donors (Lipinski definition) is 0. The number of aldehydes is 1. The van der Waals surface area contributed by atoms with Gasteiger partial charge in [-0.25, -0.2) is 0 Å². The van der Waals surface area contributed by atoms with E-state index in [1.165, 1.54) is 11.3 Å². The highest BCUT2D eigenvalue weighted by Gasteiger charge is 2.13. The molecule has 0 radical (unpaired) electrons. The van der Waals surface area contributed by atoms with Crippen LogP contribution in [0.15, 0.2) is 48.5 Å². The molecule has 3 rings (SSSR count). The minimum absolute atomic E-state index is 0.207. The maximum atomic E-state index is 11.6. The van der Waals surface area contributed by atoms with Crippen molar-refractivity contribution in [2.45, 2.75) is 26.4 Å². The van der Waals surface area contributed by atoms with Gasteiger partial charge >= 0.3 is 5.97 Å². The van der Waals surface area contributed by atoms with Crippen molar-refractivity contribution in [2.24, 2.45) is 0 Å². The molecule has 0 spiro atoms. The number of thiophene rings is 1. The Morgan fingerprint density at radius 2 is 1.96 bits per heavy atom. The fourth-order valence-corrected chi connectivity index (χ4v) is 3.85. The molecule has 1 aromatic heterocycles. The maximum Gasteiger partial charge on any atom is 0.306 e. The molecule has 2 aromatic carbocycles. The van der Waals surface area contributed by atoms with Gasteiger partial charge in [-0.05, 0) is 37.1 Å². The highest BCUT2D eigenvalue weighted by molar-refractivity contribution is 7.19. The lowest BCUT2D eigenvalue weighted by Crippen LogP contribution is -2.04. The van der Waals surface area contributed by atoms with Crippen LogP contribution in [0.1, 0.15) is 34.1 Å². The molecule has 3 aromatic rings. The van der Waals surface area contributed by atoms with Gasteiger partial charge in [0, 0.05) is 20.5 Å². The zero-order valence-corrected chi connectivity index (χ0v) is 15.4. The quantitative estimate of drug-likeness (QED) is 0.424. The van der Waals surface area contributed by atoms with Crippen LogP contribution in [0.3, 0.4) is 0 Å². The molecule has 0 N–H and O–H groups in total. The lowest BCUT2D eigenvalue weighted by atomic mass is 10.1. The molecule has 0 aliphatic rings. The number of rotatable bonds is 8. The zero-order valence-electron chi connectivity index (χ0n) is 14.6.